The van der Waals surface area contributed by atoms with Crippen molar-refractivity contribution in [2.75, 3.05) is 26.2 Å². The normalized spacial score (nSPS) is 15.1. The zero-order valence-corrected chi connectivity index (χ0v) is 19.3. The Morgan fingerprint density at radius 2 is 2.07 bits per heavy atom. The fraction of sp³-hybridized carbons (Fsp3) is 0.455. The number of benzene rings is 1. The number of aliphatic imine (C=N–C) groups is 1. The van der Waals surface area contributed by atoms with Crippen LogP contribution in [0.1, 0.15) is 43.6 Å². The molecule has 1 amide bonds. The Morgan fingerprint density at radius 3 is 2.76 bits per heavy atom. The average Bonchev–Trinajstić information content (AvgIpc) is 3.37. The van der Waals surface area contributed by atoms with Crippen LogP contribution in [0.3, 0.4) is 0 Å². The molecule has 1 aromatic carbocycles. The van der Waals surface area contributed by atoms with Crippen LogP contribution in [0.2, 0.25) is 0 Å². The molecule has 1 fully saturated rings. The first kappa shape index (κ1) is 23.3. The van der Waals surface area contributed by atoms with Crippen molar-refractivity contribution in [2.45, 2.75) is 38.6 Å². The van der Waals surface area contributed by atoms with Crippen LogP contribution >= 0.6 is 24.0 Å². The maximum Gasteiger partial charge on any atom is 0.222 e. The molecule has 0 spiro atoms. The van der Waals surface area contributed by atoms with E-state index in [1.165, 1.54) is 5.56 Å². The molecule has 1 unspecified atom stereocenters. The molecule has 7 heteroatoms. The highest BCUT2D eigenvalue weighted by molar-refractivity contribution is 14.0. The molecule has 3 rings (SSSR count). The predicted octanol–water partition coefficient (Wildman–Crippen LogP) is 3.75. The third-order valence-corrected chi connectivity index (χ3v) is 4.92. The van der Waals surface area contributed by atoms with Gasteiger partial charge in [-0.2, -0.15) is 0 Å². The molecular weight excluding hydrogens is 479 g/mol. The summed E-state index contributed by atoms with van der Waals surface area (Å²) >= 11 is 0. The van der Waals surface area contributed by atoms with Crippen LogP contribution in [0, 0.1) is 0 Å². The van der Waals surface area contributed by atoms with Crippen molar-refractivity contribution in [1.82, 2.24) is 15.5 Å². The Labute approximate surface area is 190 Å². The van der Waals surface area contributed by atoms with Crippen LogP contribution in [0.5, 0.6) is 0 Å². The van der Waals surface area contributed by atoms with Gasteiger partial charge in [-0.25, -0.2) is 0 Å². The number of nitrogens with zero attached hydrogens (tertiary/aromatic N) is 2. The smallest absolute Gasteiger partial charge is 0.222 e. The summed E-state index contributed by atoms with van der Waals surface area (Å²) in [6, 6.07) is 14.4. The van der Waals surface area contributed by atoms with E-state index in [1.54, 1.807) is 6.26 Å². The zero-order chi connectivity index (χ0) is 19.6. The topological polar surface area (TPSA) is 69.9 Å². The number of carbonyl (C=O) groups excluding carboxylic acids is 1. The summed E-state index contributed by atoms with van der Waals surface area (Å²) in [6.07, 6.45) is 5.04. The molecule has 0 saturated carbocycles. The van der Waals surface area contributed by atoms with E-state index in [2.05, 4.69) is 29.7 Å². The van der Waals surface area contributed by atoms with Crippen molar-refractivity contribution in [2.24, 2.45) is 4.99 Å². The van der Waals surface area contributed by atoms with Gasteiger partial charge in [0, 0.05) is 39.0 Å². The summed E-state index contributed by atoms with van der Waals surface area (Å²) in [5.41, 5.74) is 1.21. The highest BCUT2D eigenvalue weighted by Crippen LogP contribution is 2.11. The summed E-state index contributed by atoms with van der Waals surface area (Å²) in [5.74, 6) is 2.02. The number of hydrogen-bond donors (Lipinski definition) is 2. The minimum Gasteiger partial charge on any atom is -0.469 e. The highest BCUT2D eigenvalue weighted by atomic mass is 127. The van der Waals surface area contributed by atoms with Crippen molar-refractivity contribution < 1.29 is 9.21 Å². The third kappa shape index (κ3) is 7.72. The van der Waals surface area contributed by atoms with E-state index < -0.39 is 0 Å². The van der Waals surface area contributed by atoms with Gasteiger partial charge in [0.25, 0.3) is 0 Å². The molecule has 2 heterocycles. The Hall–Kier alpha value is -2.03. The van der Waals surface area contributed by atoms with Gasteiger partial charge in [-0.3, -0.25) is 9.79 Å². The summed E-state index contributed by atoms with van der Waals surface area (Å²) in [6.45, 7) is 5.23. The number of guanidine groups is 1. The first-order valence-electron chi connectivity index (χ1n) is 10.1. The van der Waals surface area contributed by atoms with Crippen LogP contribution in [-0.4, -0.2) is 42.9 Å². The highest BCUT2D eigenvalue weighted by Gasteiger charge is 2.18. The minimum absolute atomic E-state index is 0. The molecule has 1 aliphatic rings. The molecule has 1 saturated heterocycles. The Bertz CT molecular complexity index is 749. The second kappa shape index (κ2) is 12.5. The molecule has 0 aliphatic carbocycles. The summed E-state index contributed by atoms with van der Waals surface area (Å²) in [5, 5.41) is 6.87. The molecular formula is C22H31IN4O2. The summed E-state index contributed by atoms with van der Waals surface area (Å²) in [7, 11) is 0. The van der Waals surface area contributed by atoms with Gasteiger partial charge in [0.2, 0.25) is 5.91 Å². The van der Waals surface area contributed by atoms with Gasteiger partial charge >= 0.3 is 0 Å². The fourth-order valence-electron chi connectivity index (χ4n) is 3.33. The molecule has 1 aliphatic heterocycles. The van der Waals surface area contributed by atoms with Gasteiger partial charge in [-0.15, -0.1) is 24.0 Å². The van der Waals surface area contributed by atoms with Gasteiger partial charge < -0.3 is 20.0 Å². The molecule has 0 bridgehead atoms. The lowest BCUT2D eigenvalue weighted by Crippen LogP contribution is -2.40. The summed E-state index contributed by atoms with van der Waals surface area (Å²) < 4.78 is 5.39. The van der Waals surface area contributed by atoms with Gasteiger partial charge in [-0.05, 0) is 37.5 Å². The molecule has 2 aromatic rings. The van der Waals surface area contributed by atoms with E-state index in [-0.39, 0.29) is 35.9 Å². The molecule has 2 N–H and O–H groups in total. The number of hydrogen-bond acceptors (Lipinski definition) is 3. The van der Waals surface area contributed by atoms with Gasteiger partial charge in [0.1, 0.15) is 5.76 Å². The monoisotopic (exact) mass is 510 g/mol. The van der Waals surface area contributed by atoms with E-state index >= 15 is 0 Å². The lowest BCUT2D eigenvalue weighted by Gasteiger charge is -2.19. The number of nitrogens with one attached hydrogen (secondary N) is 2. The first-order valence-corrected chi connectivity index (χ1v) is 10.1. The zero-order valence-electron chi connectivity index (χ0n) is 17.0. The van der Waals surface area contributed by atoms with Crippen molar-refractivity contribution in [3.05, 3.63) is 60.1 Å². The number of halogens is 1. The molecule has 158 valence electrons. The van der Waals surface area contributed by atoms with E-state index in [1.807, 2.05) is 35.2 Å². The number of amides is 1. The van der Waals surface area contributed by atoms with E-state index in [0.29, 0.717) is 13.0 Å². The maximum atomic E-state index is 11.7. The molecule has 1 atom stereocenters. The van der Waals surface area contributed by atoms with Crippen LogP contribution < -0.4 is 10.6 Å². The SMILES string of the molecule is CC(NC(=NCCCN1CCCC1=O)NCCc1ccco1)c1ccccc1.I. The van der Waals surface area contributed by atoms with E-state index in [0.717, 1.165) is 50.6 Å². The lowest BCUT2D eigenvalue weighted by molar-refractivity contribution is -0.127. The Kier molecular flexibility index (Phi) is 10.0. The number of likely N-dealkylation sites (tertiary alicyclic amines) is 1. The van der Waals surface area contributed by atoms with Gasteiger partial charge in [-0.1, -0.05) is 30.3 Å². The lowest BCUT2D eigenvalue weighted by atomic mass is 10.1. The molecule has 6 nitrogen and oxygen atoms in total. The van der Waals surface area contributed by atoms with Crippen molar-refractivity contribution in [3.8, 4) is 0 Å². The van der Waals surface area contributed by atoms with Crippen LogP contribution in [-0.2, 0) is 11.2 Å². The minimum atomic E-state index is 0. The van der Waals surface area contributed by atoms with Crippen LogP contribution in [0.4, 0.5) is 0 Å². The Morgan fingerprint density at radius 1 is 1.24 bits per heavy atom. The van der Waals surface area contributed by atoms with E-state index in [9.17, 15) is 4.79 Å². The number of furan rings is 1. The summed E-state index contributed by atoms with van der Waals surface area (Å²) in [4.78, 5) is 18.4. The van der Waals surface area contributed by atoms with E-state index in [4.69, 9.17) is 9.41 Å². The van der Waals surface area contributed by atoms with Crippen molar-refractivity contribution in [3.63, 3.8) is 0 Å². The average molecular weight is 510 g/mol. The molecule has 1 aromatic heterocycles. The van der Waals surface area contributed by atoms with Crippen LogP contribution in [0.15, 0.2) is 58.1 Å². The Balaban J connectivity index is 0.00000300. The first-order chi connectivity index (χ1) is 13.7. The number of carbonyl (C=O) groups is 1. The van der Waals surface area contributed by atoms with Crippen molar-refractivity contribution >= 4 is 35.8 Å². The van der Waals surface area contributed by atoms with Crippen molar-refractivity contribution in [1.29, 1.82) is 0 Å². The third-order valence-electron chi connectivity index (χ3n) is 4.92. The molecule has 29 heavy (non-hydrogen) atoms. The van der Waals surface area contributed by atoms with Gasteiger partial charge in [0.05, 0.1) is 12.3 Å². The largest absolute Gasteiger partial charge is 0.469 e. The quantitative estimate of drug-likeness (QED) is 0.234. The van der Waals surface area contributed by atoms with Gasteiger partial charge in [0.15, 0.2) is 5.96 Å². The van der Waals surface area contributed by atoms with Crippen LogP contribution in [0.25, 0.3) is 0 Å². The number of rotatable bonds is 9. The predicted molar refractivity (Wildman–Crippen MR) is 127 cm³/mol. The second-order valence-corrected chi connectivity index (χ2v) is 7.10. The standard InChI is InChI=1S/C22H30N4O2.HI/c1-18(19-8-3-2-4-9-19)25-22(24-14-12-20-10-6-17-28-20)23-13-7-16-26-15-5-11-21(26)27;/h2-4,6,8-10,17-18H,5,7,11-16H2,1H3,(H2,23,24,25);1H. The second-order valence-electron chi connectivity index (χ2n) is 7.10. The maximum absolute atomic E-state index is 11.7. The molecule has 0 radical (unpaired) electrons. The fourth-order valence-corrected chi connectivity index (χ4v) is 3.33.